The van der Waals surface area contributed by atoms with Gasteiger partial charge >= 0.3 is 0 Å². The van der Waals surface area contributed by atoms with Crippen LogP contribution in [0.1, 0.15) is 31.7 Å². The van der Waals surface area contributed by atoms with E-state index in [1.165, 1.54) is 12.1 Å². The van der Waals surface area contributed by atoms with Gasteiger partial charge in [0.1, 0.15) is 11.6 Å². The molecule has 0 bridgehead atoms. The minimum atomic E-state index is -0.569. The molecule has 2 N–H and O–H groups in total. The maximum Gasteiger partial charge on any atom is 0.222 e. The van der Waals surface area contributed by atoms with E-state index in [-0.39, 0.29) is 29.9 Å². The van der Waals surface area contributed by atoms with Gasteiger partial charge in [-0.3, -0.25) is 9.79 Å². The Labute approximate surface area is 170 Å². The van der Waals surface area contributed by atoms with Gasteiger partial charge in [-0.1, -0.05) is 6.07 Å². The van der Waals surface area contributed by atoms with Crippen molar-refractivity contribution in [3.63, 3.8) is 0 Å². The molecule has 1 fully saturated rings. The van der Waals surface area contributed by atoms with Crippen LogP contribution in [0.4, 0.5) is 8.78 Å². The van der Waals surface area contributed by atoms with E-state index in [0.717, 1.165) is 38.5 Å². The molecular weight excluding hydrogens is 453 g/mol. The number of hydrogen-bond acceptors (Lipinski definition) is 2. The Bertz CT molecular complexity index is 613. The summed E-state index contributed by atoms with van der Waals surface area (Å²) < 4.78 is 26.5. The Kier molecular flexibility index (Phi) is 10.5. The van der Waals surface area contributed by atoms with Gasteiger partial charge in [0.15, 0.2) is 5.96 Å². The lowest BCUT2D eigenvalue weighted by Gasteiger charge is -2.15. The summed E-state index contributed by atoms with van der Waals surface area (Å²) in [4.78, 5) is 17.9. The normalized spacial score (nSPS) is 14.3. The Morgan fingerprint density at radius 3 is 2.77 bits per heavy atom. The van der Waals surface area contributed by atoms with E-state index in [1.54, 1.807) is 0 Å². The Morgan fingerprint density at radius 2 is 2.12 bits per heavy atom. The predicted octanol–water partition coefficient (Wildman–Crippen LogP) is 2.69. The van der Waals surface area contributed by atoms with Crippen LogP contribution in [-0.4, -0.2) is 49.5 Å². The number of nitrogens with one attached hydrogen (secondary N) is 2. The van der Waals surface area contributed by atoms with Gasteiger partial charge < -0.3 is 15.5 Å². The molecule has 0 radical (unpaired) electrons. The molecule has 5 nitrogen and oxygen atoms in total. The standard InChI is InChI=1S/C18H26F2N4O.HI/c1-2-21-18(22-9-4-12-24-11-3-5-17(24)25)23-10-8-14-6-7-15(19)13-16(14)20;/h6-7,13H,2-5,8-12H2,1H3,(H2,21,22,23);1H. The maximum absolute atomic E-state index is 13.6. The molecule has 2 rings (SSSR count). The molecule has 0 atom stereocenters. The van der Waals surface area contributed by atoms with Crippen LogP contribution < -0.4 is 10.6 Å². The highest BCUT2D eigenvalue weighted by atomic mass is 127. The molecule has 0 spiro atoms. The zero-order chi connectivity index (χ0) is 18.1. The van der Waals surface area contributed by atoms with Crippen LogP contribution in [0.15, 0.2) is 23.2 Å². The number of benzene rings is 1. The van der Waals surface area contributed by atoms with Gasteiger partial charge in [0.05, 0.1) is 0 Å². The Hall–Kier alpha value is -1.45. The Morgan fingerprint density at radius 1 is 1.31 bits per heavy atom. The van der Waals surface area contributed by atoms with Crippen LogP contribution in [0.25, 0.3) is 0 Å². The van der Waals surface area contributed by atoms with Gasteiger partial charge in [-0.2, -0.15) is 0 Å². The van der Waals surface area contributed by atoms with Crippen molar-refractivity contribution in [1.29, 1.82) is 0 Å². The number of aliphatic imine (C=N–C) groups is 1. The molecule has 146 valence electrons. The van der Waals surface area contributed by atoms with Crippen molar-refractivity contribution in [1.82, 2.24) is 15.5 Å². The van der Waals surface area contributed by atoms with Crippen molar-refractivity contribution in [3.05, 3.63) is 35.4 Å². The molecule has 1 aliphatic heterocycles. The van der Waals surface area contributed by atoms with Gasteiger partial charge in [-0.15, -0.1) is 24.0 Å². The molecule has 1 amide bonds. The molecule has 0 aliphatic carbocycles. The molecule has 1 heterocycles. The van der Waals surface area contributed by atoms with E-state index in [9.17, 15) is 13.6 Å². The molecule has 1 aliphatic rings. The smallest absolute Gasteiger partial charge is 0.222 e. The van der Waals surface area contributed by atoms with Gasteiger partial charge in [0.25, 0.3) is 0 Å². The van der Waals surface area contributed by atoms with Crippen LogP contribution in [0.2, 0.25) is 0 Å². The van der Waals surface area contributed by atoms with Crippen molar-refractivity contribution in [2.75, 3.05) is 32.7 Å². The first-order valence-corrected chi connectivity index (χ1v) is 8.84. The number of amides is 1. The zero-order valence-electron chi connectivity index (χ0n) is 15.1. The maximum atomic E-state index is 13.6. The molecule has 26 heavy (non-hydrogen) atoms. The summed E-state index contributed by atoms with van der Waals surface area (Å²) in [7, 11) is 0. The average molecular weight is 480 g/mol. The first-order valence-electron chi connectivity index (χ1n) is 8.84. The second-order valence-corrected chi connectivity index (χ2v) is 6.01. The average Bonchev–Trinajstić information content (AvgIpc) is 2.98. The van der Waals surface area contributed by atoms with E-state index in [1.807, 2.05) is 11.8 Å². The largest absolute Gasteiger partial charge is 0.357 e. The number of guanidine groups is 1. The fraction of sp³-hybridized carbons (Fsp3) is 0.556. The van der Waals surface area contributed by atoms with Gasteiger partial charge in [0, 0.05) is 45.2 Å². The third-order valence-electron chi connectivity index (χ3n) is 4.07. The number of carbonyl (C=O) groups excluding carboxylic acids is 1. The fourth-order valence-electron chi connectivity index (χ4n) is 2.77. The summed E-state index contributed by atoms with van der Waals surface area (Å²) in [5.41, 5.74) is 0.470. The van der Waals surface area contributed by atoms with Gasteiger partial charge in [-0.25, -0.2) is 8.78 Å². The zero-order valence-corrected chi connectivity index (χ0v) is 17.4. The molecule has 0 saturated carbocycles. The Balaban J connectivity index is 0.00000338. The monoisotopic (exact) mass is 480 g/mol. The van der Waals surface area contributed by atoms with Crippen molar-refractivity contribution in [2.24, 2.45) is 4.99 Å². The summed E-state index contributed by atoms with van der Waals surface area (Å²) in [6.07, 6.45) is 2.87. The number of carbonyl (C=O) groups is 1. The number of halogens is 3. The third kappa shape index (κ3) is 7.43. The number of nitrogens with zero attached hydrogens (tertiary/aromatic N) is 2. The minimum absolute atomic E-state index is 0. The van der Waals surface area contributed by atoms with E-state index < -0.39 is 11.6 Å². The van der Waals surface area contributed by atoms with Gasteiger partial charge in [0.2, 0.25) is 5.91 Å². The minimum Gasteiger partial charge on any atom is -0.357 e. The van der Waals surface area contributed by atoms with Crippen molar-refractivity contribution < 1.29 is 13.6 Å². The second-order valence-electron chi connectivity index (χ2n) is 6.01. The van der Waals surface area contributed by atoms with Crippen LogP contribution in [-0.2, 0) is 11.2 Å². The summed E-state index contributed by atoms with van der Waals surface area (Å²) in [5, 5.41) is 6.28. The molecule has 1 saturated heterocycles. The number of rotatable bonds is 8. The summed E-state index contributed by atoms with van der Waals surface area (Å²) >= 11 is 0. The van der Waals surface area contributed by atoms with Crippen LogP contribution in [0.5, 0.6) is 0 Å². The molecule has 1 aromatic rings. The highest BCUT2D eigenvalue weighted by Gasteiger charge is 2.18. The molecule has 1 aromatic carbocycles. The lowest BCUT2D eigenvalue weighted by Crippen LogP contribution is -2.38. The highest BCUT2D eigenvalue weighted by molar-refractivity contribution is 14.0. The molecule has 8 heteroatoms. The topological polar surface area (TPSA) is 56.7 Å². The van der Waals surface area contributed by atoms with Crippen LogP contribution in [0, 0.1) is 11.6 Å². The summed E-state index contributed by atoms with van der Waals surface area (Å²) in [6, 6.07) is 3.62. The quantitative estimate of drug-likeness (QED) is 0.261. The lowest BCUT2D eigenvalue weighted by molar-refractivity contribution is -0.127. The summed E-state index contributed by atoms with van der Waals surface area (Å²) in [6.45, 7) is 5.40. The predicted molar refractivity (Wildman–Crippen MR) is 110 cm³/mol. The summed E-state index contributed by atoms with van der Waals surface area (Å²) in [5.74, 6) is -0.201. The molecule has 0 unspecified atom stereocenters. The lowest BCUT2D eigenvalue weighted by atomic mass is 10.1. The number of likely N-dealkylation sites (tertiary alicyclic amines) is 1. The van der Waals surface area contributed by atoms with E-state index in [4.69, 9.17) is 0 Å². The van der Waals surface area contributed by atoms with Crippen molar-refractivity contribution in [3.8, 4) is 0 Å². The SMILES string of the molecule is CCNC(=NCCCN1CCCC1=O)NCCc1ccc(F)cc1F.I. The molecular formula is C18H27F2IN4O. The fourth-order valence-corrected chi connectivity index (χ4v) is 2.77. The van der Waals surface area contributed by atoms with Crippen LogP contribution >= 0.6 is 24.0 Å². The van der Waals surface area contributed by atoms with Crippen LogP contribution in [0.3, 0.4) is 0 Å². The number of hydrogen-bond donors (Lipinski definition) is 2. The van der Waals surface area contributed by atoms with E-state index in [2.05, 4.69) is 15.6 Å². The molecule has 0 aromatic heterocycles. The third-order valence-corrected chi connectivity index (χ3v) is 4.07. The first-order chi connectivity index (χ1) is 12.1. The van der Waals surface area contributed by atoms with Crippen molar-refractivity contribution in [2.45, 2.75) is 32.6 Å². The second kappa shape index (κ2) is 12.0. The highest BCUT2D eigenvalue weighted by Crippen LogP contribution is 2.10. The van der Waals surface area contributed by atoms with E-state index >= 15 is 0 Å². The first kappa shape index (κ1) is 22.6. The van der Waals surface area contributed by atoms with Crippen molar-refractivity contribution >= 4 is 35.8 Å². The van der Waals surface area contributed by atoms with Gasteiger partial charge in [-0.05, 0) is 37.8 Å². The van der Waals surface area contributed by atoms with E-state index in [0.29, 0.717) is 37.5 Å².